The van der Waals surface area contributed by atoms with Gasteiger partial charge in [-0.1, -0.05) is 30.3 Å². The Morgan fingerprint density at radius 1 is 1.14 bits per heavy atom. The van der Waals surface area contributed by atoms with Crippen molar-refractivity contribution in [1.29, 1.82) is 10.5 Å². The lowest BCUT2D eigenvalue weighted by Gasteiger charge is -2.13. The lowest BCUT2D eigenvalue weighted by atomic mass is 10.2. The van der Waals surface area contributed by atoms with Crippen LogP contribution >= 0.6 is 0 Å². The van der Waals surface area contributed by atoms with Gasteiger partial charge in [-0.25, -0.2) is 0 Å². The molecule has 0 spiro atoms. The van der Waals surface area contributed by atoms with E-state index in [2.05, 4.69) is 6.19 Å². The van der Waals surface area contributed by atoms with Crippen LogP contribution in [0.1, 0.15) is 12.0 Å². The van der Waals surface area contributed by atoms with Gasteiger partial charge in [0.1, 0.15) is 0 Å². The van der Waals surface area contributed by atoms with Crippen LogP contribution in [0.15, 0.2) is 30.3 Å². The number of nitriles is 2. The van der Waals surface area contributed by atoms with Gasteiger partial charge in [-0.05, 0) is 5.56 Å². The predicted octanol–water partition coefficient (Wildman–Crippen LogP) is 1.88. The molecule has 0 saturated carbocycles. The summed E-state index contributed by atoms with van der Waals surface area (Å²) in [4.78, 5) is 1.58. The molecular weight excluding hydrogens is 174 g/mol. The number of benzene rings is 1. The lowest BCUT2D eigenvalue weighted by molar-refractivity contribution is 0.394. The number of hydrogen-bond acceptors (Lipinski definition) is 3. The summed E-state index contributed by atoms with van der Waals surface area (Å²) in [5.74, 6) is 0. The van der Waals surface area contributed by atoms with Crippen molar-refractivity contribution in [3.8, 4) is 12.3 Å². The number of hydrogen-bond donors (Lipinski definition) is 0. The van der Waals surface area contributed by atoms with E-state index >= 15 is 0 Å². The van der Waals surface area contributed by atoms with E-state index in [1.165, 1.54) is 0 Å². The summed E-state index contributed by atoms with van der Waals surface area (Å²) < 4.78 is 0. The van der Waals surface area contributed by atoms with Crippen molar-refractivity contribution in [2.24, 2.45) is 0 Å². The molecule has 14 heavy (non-hydrogen) atoms. The van der Waals surface area contributed by atoms with E-state index < -0.39 is 0 Å². The third-order valence-electron chi connectivity index (χ3n) is 1.85. The van der Waals surface area contributed by atoms with Crippen molar-refractivity contribution in [1.82, 2.24) is 4.90 Å². The van der Waals surface area contributed by atoms with Crippen LogP contribution in [0.3, 0.4) is 0 Å². The smallest absolute Gasteiger partial charge is 0.179 e. The zero-order chi connectivity index (χ0) is 10.2. The van der Waals surface area contributed by atoms with Crippen LogP contribution in [0.4, 0.5) is 0 Å². The highest BCUT2D eigenvalue weighted by Crippen LogP contribution is 2.03. The maximum Gasteiger partial charge on any atom is 0.179 e. The molecule has 0 amide bonds. The molecule has 1 rings (SSSR count). The monoisotopic (exact) mass is 185 g/mol. The molecule has 0 bridgehead atoms. The maximum absolute atomic E-state index is 8.78. The first kappa shape index (κ1) is 10.1. The first-order chi connectivity index (χ1) is 6.86. The van der Waals surface area contributed by atoms with Crippen molar-refractivity contribution in [3.63, 3.8) is 0 Å². The second-order valence-electron chi connectivity index (χ2n) is 2.92. The van der Waals surface area contributed by atoms with Gasteiger partial charge in [-0.3, -0.25) is 0 Å². The Morgan fingerprint density at radius 2 is 1.86 bits per heavy atom. The highest BCUT2D eigenvalue weighted by Gasteiger charge is 2.01. The topological polar surface area (TPSA) is 50.8 Å². The van der Waals surface area contributed by atoms with Crippen LogP contribution in [-0.4, -0.2) is 11.4 Å². The normalized spacial score (nSPS) is 8.71. The molecule has 70 valence electrons. The van der Waals surface area contributed by atoms with E-state index in [0.717, 1.165) is 5.56 Å². The number of nitrogens with zero attached hydrogens (tertiary/aromatic N) is 3. The standard InChI is InChI=1S/C11H11N3/c12-7-4-8-14(10-13)9-11-5-2-1-3-6-11/h1-3,5-6H,4,8-9H2. The Labute approximate surface area is 83.8 Å². The minimum Gasteiger partial charge on any atom is -0.305 e. The lowest BCUT2D eigenvalue weighted by Crippen LogP contribution is -2.17. The molecule has 0 N–H and O–H groups in total. The minimum atomic E-state index is 0.389. The third-order valence-corrected chi connectivity index (χ3v) is 1.85. The molecule has 1 aromatic carbocycles. The maximum atomic E-state index is 8.78. The second-order valence-corrected chi connectivity index (χ2v) is 2.92. The SMILES string of the molecule is N#CCCN(C#N)Cc1ccccc1. The van der Waals surface area contributed by atoms with Gasteiger partial charge >= 0.3 is 0 Å². The first-order valence-electron chi connectivity index (χ1n) is 4.42. The molecule has 0 aliphatic heterocycles. The van der Waals surface area contributed by atoms with E-state index in [0.29, 0.717) is 19.5 Å². The molecule has 0 aliphatic carbocycles. The fourth-order valence-corrected chi connectivity index (χ4v) is 1.15. The minimum absolute atomic E-state index is 0.389. The highest BCUT2D eigenvalue weighted by atomic mass is 15.1. The average Bonchev–Trinajstić information content (AvgIpc) is 2.25. The van der Waals surface area contributed by atoms with E-state index in [1.54, 1.807) is 4.90 Å². The molecule has 0 saturated heterocycles. The predicted molar refractivity (Wildman–Crippen MR) is 52.7 cm³/mol. The summed E-state index contributed by atoms with van der Waals surface area (Å²) in [7, 11) is 0. The van der Waals surface area contributed by atoms with E-state index in [9.17, 15) is 0 Å². The van der Waals surface area contributed by atoms with Crippen LogP contribution in [0.5, 0.6) is 0 Å². The van der Waals surface area contributed by atoms with Crippen molar-refractivity contribution in [2.45, 2.75) is 13.0 Å². The van der Waals surface area contributed by atoms with Gasteiger partial charge < -0.3 is 4.90 Å². The largest absolute Gasteiger partial charge is 0.305 e. The van der Waals surface area contributed by atoms with Gasteiger partial charge in [0.25, 0.3) is 0 Å². The van der Waals surface area contributed by atoms with Crippen LogP contribution in [0.25, 0.3) is 0 Å². The first-order valence-corrected chi connectivity index (χ1v) is 4.42. The van der Waals surface area contributed by atoms with Crippen LogP contribution < -0.4 is 0 Å². The molecule has 1 aromatic rings. The molecule has 3 nitrogen and oxygen atoms in total. The molecule has 0 atom stereocenters. The van der Waals surface area contributed by atoms with Crippen LogP contribution in [0.2, 0.25) is 0 Å². The average molecular weight is 185 g/mol. The fourth-order valence-electron chi connectivity index (χ4n) is 1.15. The molecule has 0 unspecified atom stereocenters. The second kappa shape index (κ2) is 5.61. The van der Waals surface area contributed by atoms with Crippen LogP contribution in [-0.2, 0) is 6.54 Å². The van der Waals surface area contributed by atoms with Crippen LogP contribution in [0, 0.1) is 22.8 Å². The van der Waals surface area contributed by atoms with Gasteiger partial charge in [0.15, 0.2) is 6.19 Å². The zero-order valence-corrected chi connectivity index (χ0v) is 7.85. The summed E-state index contributed by atoms with van der Waals surface area (Å²) in [6, 6.07) is 11.8. The van der Waals surface area contributed by atoms with Crippen molar-refractivity contribution >= 4 is 0 Å². The van der Waals surface area contributed by atoms with Gasteiger partial charge in [0.05, 0.1) is 19.0 Å². The quantitative estimate of drug-likeness (QED) is 0.531. The molecule has 0 aromatic heterocycles. The molecular formula is C11H11N3. The fraction of sp³-hybridized carbons (Fsp3) is 0.273. The summed E-state index contributed by atoms with van der Waals surface area (Å²) in [6.07, 6.45) is 2.46. The Balaban J connectivity index is 2.51. The van der Waals surface area contributed by atoms with Gasteiger partial charge in [0, 0.05) is 6.54 Å². The van der Waals surface area contributed by atoms with Gasteiger partial charge in [-0.2, -0.15) is 10.5 Å². The molecule has 0 heterocycles. The molecule has 0 fully saturated rings. The van der Waals surface area contributed by atoms with E-state index in [-0.39, 0.29) is 0 Å². The summed E-state index contributed by atoms with van der Waals surface area (Å²) in [5, 5.41) is 17.2. The summed E-state index contributed by atoms with van der Waals surface area (Å²) in [6.45, 7) is 1.08. The Morgan fingerprint density at radius 3 is 2.43 bits per heavy atom. The Hall–Kier alpha value is -2.00. The van der Waals surface area contributed by atoms with Gasteiger partial charge in [-0.15, -0.1) is 0 Å². The molecule has 3 heteroatoms. The highest BCUT2D eigenvalue weighted by molar-refractivity contribution is 5.14. The van der Waals surface area contributed by atoms with E-state index in [1.807, 2.05) is 36.4 Å². The summed E-state index contributed by atoms with van der Waals surface area (Å²) in [5.41, 5.74) is 1.09. The third kappa shape index (κ3) is 3.16. The Kier molecular flexibility index (Phi) is 4.04. The van der Waals surface area contributed by atoms with Gasteiger partial charge in [0.2, 0.25) is 0 Å². The van der Waals surface area contributed by atoms with E-state index in [4.69, 9.17) is 10.5 Å². The molecule has 0 radical (unpaired) electrons. The Bertz CT molecular complexity index is 345. The van der Waals surface area contributed by atoms with Crippen molar-refractivity contribution in [3.05, 3.63) is 35.9 Å². The van der Waals surface area contributed by atoms with Crippen molar-refractivity contribution < 1.29 is 0 Å². The van der Waals surface area contributed by atoms with Crippen molar-refractivity contribution in [2.75, 3.05) is 6.54 Å². The zero-order valence-electron chi connectivity index (χ0n) is 7.85. The number of rotatable bonds is 4. The molecule has 0 aliphatic rings. The summed E-state index contributed by atoms with van der Waals surface area (Å²) >= 11 is 0.